The summed E-state index contributed by atoms with van der Waals surface area (Å²) in [6, 6.07) is 10.7. The van der Waals surface area contributed by atoms with Crippen LogP contribution in [-0.4, -0.2) is 17.3 Å². The first kappa shape index (κ1) is 15.9. The molecule has 0 aliphatic heterocycles. The number of hydrogen-bond donors (Lipinski definition) is 2. The molecule has 3 N–H and O–H groups in total. The van der Waals surface area contributed by atoms with Gasteiger partial charge in [-0.05, 0) is 43.7 Å². The second-order valence-corrected chi connectivity index (χ2v) is 6.18. The van der Waals surface area contributed by atoms with Crippen molar-refractivity contribution in [2.75, 3.05) is 18.0 Å². The van der Waals surface area contributed by atoms with Crippen LogP contribution in [0.25, 0.3) is 0 Å². The minimum absolute atomic E-state index is 0.216. The van der Waals surface area contributed by atoms with Crippen LogP contribution in [-0.2, 0) is 0 Å². The Bertz CT molecular complexity index is 578. The van der Waals surface area contributed by atoms with Crippen molar-refractivity contribution in [3.05, 3.63) is 53.2 Å². The first-order valence-electron chi connectivity index (χ1n) is 7.26. The molecule has 0 spiro atoms. The van der Waals surface area contributed by atoms with Gasteiger partial charge in [-0.3, -0.25) is 0 Å². The average molecular weight is 301 g/mol. The molecule has 0 amide bonds. The Morgan fingerprint density at radius 1 is 1.19 bits per heavy atom. The Morgan fingerprint density at radius 3 is 2.62 bits per heavy atom. The predicted molar refractivity (Wildman–Crippen MR) is 91.7 cm³/mol. The minimum atomic E-state index is 0.216. The molecular weight excluding hydrogens is 278 g/mol. The Balaban J connectivity index is 2.18. The van der Waals surface area contributed by atoms with E-state index in [1.54, 1.807) is 6.20 Å². The molecule has 2 rings (SSSR count). The number of nitrogens with zero attached hydrogens (tertiary/aromatic N) is 1. The molecule has 1 aromatic carbocycles. The number of anilines is 1. The highest BCUT2D eigenvalue weighted by Crippen LogP contribution is 2.30. The summed E-state index contributed by atoms with van der Waals surface area (Å²) in [5, 5.41) is 3.53. The van der Waals surface area contributed by atoms with Crippen molar-refractivity contribution in [2.45, 2.75) is 31.7 Å². The van der Waals surface area contributed by atoms with Crippen molar-refractivity contribution in [1.82, 2.24) is 10.3 Å². The summed E-state index contributed by atoms with van der Waals surface area (Å²) in [7, 11) is 0. The molecule has 0 saturated heterocycles. The van der Waals surface area contributed by atoms with E-state index in [4.69, 9.17) is 5.73 Å². The van der Waals surface area contributed by atoms with Crippen LogP contribution in [0.4, 0.5) is 5.82 Å². The zero-order valence-electron chi connectivity index (χ0n) is 12.9. The van der Waals surface area contributed by atoms with E-state index < -0.39 is 0 Å². The molecule has 0 bridgehead atoms. The third-order valence-electron chi connectivity index (χ3n) is 3.54. The zero-order chi connectivity index (χ0) is 15.2. The van der Waals surface area contributed by atoms with Gasteiger partial charge in [0.05, 0.1) is 0 Å². The molecule has 3 nitrogen and oxygen atoms in total. The molecule has 4 heteroatoms. The van der Waals surface area contributed by atoms with Gasteiger partial charge in [0.25, 0.3) is 0 Å². The number of rotatable bonds is 6. The summed E-state index contributed by atoms with van der Waals surface area (Å²) in [6.07, 6.45) is 1.77. The van der Waals surface area contributed by atoms with Crippen molar-refractivity contribution < 1.29 is 0 Å². The quantitative estimate of drug-likeness (QED) is 0.798. The number of aryl methyl sites for hydroxylation is 2. The molecule has 0 fully saturated rings. The van der Waals surface area contributed by atoms with Gasteiger partial charge in [-0.2, -0.15) is 0 Å². The Morgan fingerprint density at radius 2 is 1.95 bits per heavy atom. The lowest BCUT2D eigenvalue weighted by Crippen LogP contribution is -2.25. The fourth-order valence-corrected chi connectivity index (χ4v) is 3.53. The van der Waals surface area contributed by atoms with Gasteiger partial charge in [0.1, 0.15) is 5.82 Å². The number of pyridine rings is 1. The van der Waals surface area contributed by atoms with Crippen LogP contribution in [0.15, 0.2) is 41.4 Å². The van der Waals surface area contributed by atoms with E-state index >= 15 is 0 Å². The molecule has 1 heterocycles. The number of nitrogens with two attached hydrogens (primary N) is 1. The van der Waals surface area contributed by atoms with Crippen LogP contribution in [0, 0.1) is 13.8 Å². The molecule has 0 aliphatic rings. The maximum Gasteiger partial charge on any atom is 0.128 e. The van der Waals surface area contributed by atoms with Crippen molar-refractivity contribution in [2.24, 2.45) is 0 Å². The summed E-state index contributed by atoms with van der Waals surface area (Å²) in [4.78, 5) is 5.56. The van der Waals surface area contributed by atoms with Crippen LogP contribution >= 0.6 is 11.8 Å². The van der Waals surface area contributed by atoms with Gasteiger partial charge in [0, 0.05) is 28.5 Å². The number of nitrogens with one attached hydrogen (secondary N) is 1. The topological polar surface area (TPSA) is 50.9 Å². The molecule has 0 aliphatic carbocycles. The molecule has 21 heavy (non-hydrogen) atoms. The smallest absolute Gasteiger partial charge is 0.128 e. The van der Waals surface area contributed by atoms with Gasteiger partial charge in [-0.15, -0.1) is 11.8 Å². The molecular formula is C17H23N3S. The normalized spacial score (nSPS) is 12.3. The monoisotopic (exact) mass is 301 g/mol. The standard InChI is InChI=1S/C17H23N3S/c1-4-19-14(16-13(3)9-10-20-17(16)18)11-21-15-8-6-5-7-12(15)2/h5-10,14,19H,4,11H2,1-3H3,(H2,18,20). The number of benzene rings is 1. The summed E-state index contributed by atoms with van der Waals surface area (Å²) in [5.74, 6) is 1.57. The van der Waals surface area contributed by atoms with Crippen LogP contribution in [0.1, 0.15) is 29.7 Å². The highest BCUT2D eigenvalue weighted by atomic mass is 32.2. The summed E-state index contributed by atoms with van der Waals surface area (Å²) in [5.41, 5.74) is 9.72. The first-order valence-corrected chi connectivity index (χ1v) is 8.24. The maximum absolute atomic E-state index is 6.09. The van der Waals surface area contributed by atoms with Crippen LogP contribution in [0.3, 0.4) is 0 Å². The number of nitrogen functional groups attached to an aromatic ring is 1. The SMILES string of the molecule is CCNC(CSc1ccccc1C)c1c(C)ccnc1N. The van der Waals surface area contributed by atoms with E-state index in [1.807, 2.05) is 17.8 Å². The predicted octanol–water partition coefficient (Wildman–Crippen LogP) is 3.72. The number of aromatic nitrogens is 1. The Kier molecular flexibility index (Phi) is 5.65. The average Bonchev–Trinajstić information content (AvgIpc) is 2.46. The number of hydrogen-bond acceptors (Lipinski definition) is 4. The van der Waals surface area contributed by atoms with Gasteiger partial charge in [-0.25, -0.2) is 4.98 Å². The van der Waals surface area contributed by atoms with Crippen LogP contribution in [0.5, 0.6) is 0 Å². The van der Waals surface area contributed by atoms with E-state index in [1.165, 1.54) is 16.0 Å². The highest BCUT2D eigenvalue weighted by Gasteiger charge is 2.17. The summed E-state index contributed by atoms with van der Waals surface area (Å²) in [6.45, 7) is 7.27. The van der Waals surface area contributed by atoms with Crippen LogP contribution < -0.4 is 11.1 Å². The lowest BCUT2D eigenvalue weighted by atomic mass is 10.0. The third-order valence-corrected chi connectivity index (χ3v) is 4.81. The van der Waals surface area contributed by atoms with Gasteiger partial charge in [0.2, 0.25) is 0 Å². The van der Waals surface area contributed by atoms with Crippen LogP contribution in [0.2, 0.25) is 0 Å². The molecule has 0 saturated carbocycles. The molecule has 2 aromatic rings. The third kappa shape index (κ3) is 3.99. The molecule has 1 aromatic heterocycles. The summed E-state index contributed by atoms with van der Waals surface area (Å²) < 4.78 is 0. The zero-order valence-corrected chi connectivity index (χ0v) is 13.7. The fraction of sp³-hybridized carbons (Fsp3) is 0.353. The van der Waals surface area contributed by atoms with Gasteiger partial charge >= 0.3 is 0 Å². The molecule has 1 unspecified atom stereocenters. The minimum Gasteiger partial charge on any atom is -0.383 e. The van der Waals surface area contributed by atoms with E-state index in [-0.39, 0.29) is 6.04 Å². The highest BCUT2D eigenvalue weighted by molar-refractivity contribution is 7.99. The van der Waals surface area contributed by atoms with Gasteiger partial charge in [-0.1, -0.05) is 25.1 Å². The van der Waals surface area contributed by atoms with Crippen molar-refractivity contribution in [3.63, 3.8) is 0 Å². The fourth-order valence-electron chi connectivity index (χ4n) is 2.43. The number of thioether (sulfide) groups is 1. The van der Waals surface area contributed by atoms with Gasteiger partial charge < -0.3 is 11.1 Å². The van der Waals surface area contributed by atoms with Gasteiger partial charge in [0.15, 0.2) is 0 Å². The van der Waals surface area contributed by atoms with E-state index in [0.717, 1.165) is 17.9 Å². The van der Waals surface area contributed by atoms with Crippen molar-refractivity contribution >= 4 is 17.6 Å². The van der Waals surface area contributed by atoms with Crippen molar-refractivity contribution in [1.29, 1.82) is 0 Å². The van der Waals surface area contributed by atoms with E-state index in [2.05, 4.69) is 55.3 Å². The molecule has 0 radical (unpaired) electrons. The lowest BCUT2D eigenvalue weighted by Gasteiger charge is -2.21. The maximum atomic E-state index is 6.09. The second-order valence-electron chi connectivity index (χ2n) is 5.11. The molecule has 1 atom stereocenters. The van der Waals surface area contributed by atoms with Crippen molar-refractivity contribution in [3.8, 4) is 0 Å². The summed E-state index contributed by atoms with van der Waals surface area (Å²) >= 11 is 1.86. The van der Waals surface area contributed by atoms with E-state index in [0.29, 0.717) is 5.82 Å². The molecule has 112 valence electrons. The Hall–Kier alpha value is -1.52. The first-order chi connectivity index (χ1) is 10.1. The Labute approximate surface area is 131 Å². The van der Waals surface area contributed by atoms with E-state index in [9.17, 15) is 0 Å². The second kappa shape index (κ2) is 7.48. The largest absolute Gasteiger partial charge is 0.383 e. The lowest BCUT2D eigenvalue weighted by molar-refractivity contribution is 0.603.